The maximum Gasteiger partial charge on any atom is 0.413 e. The summed E-state index contributed by atoms with van der Waals surface area (Å²) in [5, 5.41) is 11.9. The van der Waals surface area contributed by atoms with Crippen molar-refractivity contribution >= 4 is 29.2 Å². The van der Waals surface area contributed by atoms with Crippen molar-refractivity contribution in [2.45, 2.75) is 6.92 Å². The Kier molecular flexibility index (Phi) is 4.31. The molecule has 0 aliphatic heterocycles. The molecule has 20 heavy (non-hydrogen) atoms. The van der Waals surface area contributed by atoms with Crippen LogP contribution in [0.15, 0.2) is 41.2 Å². The Morgan fingerprint density at radius 3 is 2.90 bits per heavy atom. The number of aromatic nitrogens is 1. The number of thiocarbonyl (C=S) groups is 1. The third-order valence-corrected chi connectivity index (χ3v) is 2.92. The fourth-order valence-corrected chi connectivity index (χ4v) is 1.93. The summed E-state index contributed by atoms with van der Waals surface area (Å²) < 4.78 is 5.00. The van der Waals surface area contributed by atoms with Crippen LogP contribution in [0.25, 0.3) is 11.3 Å². The number of nitrogens with one attached hydrogen (secondary N) is 1. The number of nitrogens with zero attached hydrogens (tertiary/aromatic N) is 2. The molecule has 2 aromatic heterocycles. The molecule has 0 atom stereocenters. The predicted octanol–water partition coefficient (Wildman–Crippen LogP) is 3.04. The van der Waals surface area contributed by atoms with E-state index < -0.39 is 6.09 Å². The van der Waals surface area contributed by atoms with Gasteiger partial charge in [0.15, 0.2) is 5.11 Å². The highest BCUT2D eigenvalue weighted by Gasteiger charge is 2.15. The van der Waals surface area contributed by atoms with Gasteiger partial charge in [-0.3, -0.25) is 4.90 Å². The molecule has 0 aliphatic rings. The Labute approximate surface area is 121 Å². The highest BCUT2D eigenvalue weighted by molar-refractivity contribution is 7.80. The molecule has 6 nitrogen and oxygen atoms in total. The van der Waals surface area contributed by atoms with Crippen LogP contribution in [0.4, 0.5) is 10.6 Å². The topological polar surface area (TPSA) is 78.6 Å². The third kappa shape index (κ3) is 3.12. The Morgan fingerprint density at radius 1 is 1.50 bits per heavy atom. The molecular weight excluding hydrogens is 278 g/mol. The van der Waals surface area contributed by atoms with E-state index in [4.69, 9.17) is 21.7 Å². The number of carbonyl (C=O) groups is 1. The van der Waals surface area contributed by atoms with Crippen molar-refractivity contribution in [1.29, 1.82) is 0 Å². The quantitative estimate of drug-likeness (QED) is 0.846. The van der Waals surface area contributed by atoms with E-state index in [1.807, 2.05) is 6.07 Å². The maximum atomic E-state index is 11.0. The van der Waals surface area contributed by atoms with Crippen LogP contribution in [0, 0.1) is 0 Å². The molecule has 2 heterocycles. The molecule has 0 unspecified atom stereocenters. The Bertz CT molecular complexity index is 613. The third-order valence-electron chi connectivity index (χ3n) is 2.59. The average molecular weight is 291 g/mol. The largest absolute Gasteiger partial charge is 0.472 e. The van der Waals surface area contributed by atoms with Crippen molar-refractivity contribution in [1.82, 2.24) is 9.88 Å². The van der Waals surface area contributed by atoms with E-state index in [0.717, 1.165) is 10.5 Å². The van der Waals surface area contributed by atoms with Crippen LogP contribution in [-0.2, 0) is 0 Å². The zero-order chi connectivity index (χ0) is 14.5. The molecule has 0 aromatic carbocycles. The summed E-state index contributed by atoms with van der Waals surface area (Å²) in [4.78, 5) is 16.4. The lowest BCUT2D eigenvalue weighted by molar-refractivity contribution is 0.171. The molecular formula is C13H13N3O3S. The fourth-order valence-electron chi connectivity index (χ4n) is 1.62. The minimum atomic E-state index is -1.10. The lowest BCUT2D eigenvalue weighted by Gasteiger charge is -2.18. The second-order valence-corrected chi connectivity index (χ2v) is 4.26. The standard InChI is InChI=1S/C13H13N3O3S/c1-2-16(13(17)18)12(20)15-11-5-3-4-10(14-11)9-6-7-19-8-9/h3-8H,2H2,1H3,(H,17,18)(H,14,15,20). The van der Waals surface area contributed by atoms with Gasteiger partial charge in [0.05, 0.1) is 18.2 Å². The molecule has 2 rings (SSSR count). The van der Waals surface area contributed by atoms with Gasteiger partial charge in [0.25, 0.3) is 0 Å². The first-order chi connectivity index (χ1) is 9.61. The second kappa shape index (κ2) is 6.16. The monoisotopic (exact) mass is 291 g/mol. The fraction of sp³-hybridized carbons (Fsp3) is 0.154. The summed E-state index contributed by atoms with van der Waals surface area (Å²) >= 11 is 5.05. The molecule has 0 saturated heterocycles. The number of amides is 1. The summed E-state index contributed by atoms with van der Waals surface area (Å²) in [7, 11) is 0. The van der Waals surface area contributed by atoms with Crippen LogP contribution < -0.4 is 5.32 Å². The van der Waals surface area contributed by atoms with Crippen LogP contribution in [0.1, 0.15) is 6.92 Å². The van der Waals surface area contributed by atoms with Crippen LogP contribution in [0.3, 0.4) is 0 Å². The molecule has 2 N–H and O–H groups in total. The Hall–Kier alpha value is -2.41. The van der Waals surface area contributed by atoms with Gasteiger partial charge in [-0.15, -0.1) is 0 Å². The molecule has 0 radical (unpaired) electrons. The smallest absolute Gasteiger partial charge is 0.413 e. The van der Waals surface area contributed by atoms with Crippen molar-refractivity contribution < 1.29 is 14.3 Å². The summed E-state index contributed by atoms with van der Waals surface area (Å²) in [6, 6.07) is 7.14. The number of rotatable bonds is 3. The van der Waals surface area contributed by atoms with Crippen molar-refractivity contribution in [2.75, 3.05) is 11.9 Å². The van der Waals surface area contributed by atoms with Crippen molar-refractivity contribution in [2.24, 2.45) is 0 Å². The van der Waals surface area contributed by atoms with Gasteiger partial charge in [-0.25, -0.2) is 9.78 Å². The molecule has 0 bridgehead atoms. The zero-order valence-corrected chi connectivity index (χ0v) is 11.6. The van der Waals surface area contributed by atoms with E-state index >= 15 is 0 Å². The predicted molar refractivity (Wildman–Crippen MR) is 78.6 cm³/mol. The lowest BCUT2D eigenvalue weighted by Crippen LogP contribution is -2.38. The highest BCUT2D eigenvalue weighted by atomic mass is 32.1. The van der Waals surface area contributed by atoms with Gasteiger partial charge in [0.2, 0.25) is 0 Å². The number of hydrogen-bond donors (Lipinski definition) is 2. The van der Waals surface area contributed by atoms with E-state index in [9.17, 15) is 4.79 Å². The van der Waals surface area contributed by atoms with Crippen molar-refractivity contribution in [3.8, 4) is 11.3 Å². The molecule has 104 valence electrons. The number of carboxylic acid groups (broad SMARTS) is 1. The highest BCUT2D eigenvalue weighted by Crippen LogP contribution is 2.19. The second-order valence-electron chi connectivity index (χ2n) is 3.88. The molecule has 0 fully saturated rings. The summed E-state index contributed by atoms with van der Waals surface area (Å²) in [5.74, 6) is 0.480. The van der Waals surface area contributed by atoms with Crippen molar-refractivity contribution in [3.63, 3.8) is 0 Å². The minimum absolute atomic E-state index is 0.0943. The van der Waals surface area contributed by atoms with E-state index in [2.05, 4.69) is 10.3 Å². The number of furan rings is 1. The van der Waals surface area contributed by atoms with Gasteiger partial charge >= 0.3 is 6.09 Å². The zero-order valence-electron chi connectivity index (χ0n) is 10.7. The van der Waals surface area contributed by atoms with Crippen molar-refractivity contribution in [3.05, 3.63) is 36.8 Å². The molecule has 0 saturated carbocycles. The molecule has 0 aliphatic carbocycles. The van der Waals surface area contributed by atoms with Crippen LogP contribution in [0.5, 0.6) is 0 Å². The molecule has 7 heteroatoms. The minimum Gasteiger partial charge on any atom is -0.472 e. The SMILES string of the molecule is CCN(C(=O)O)C(=S)Nc1cccc(-c2ccoc2)n1. The summed E-state index contributed by atoms with van der Waals surface area (Å²) in [6.07, 6.45) is 2.04. The normalized spacial score (nSPS) is 10.1. The molecule has 1 amide bonds. The van der Waals surface area contributed by atoms with E-state index in [1.165, 1.54) is 0 Å². The lowest BCUT2D eigenvalue weighted by atomic mass is 10.2. The number of pyridine rings is 1. The first-order valence-electron chi connectivity index (χ1n) is 5.93. The van der Waals surface area contributed by atoms with E-state index in [1.54, 1.807) is 37.6 Å². The van der Waals surface area contributed by atoms with Gasteiger partial charge in [-0.2, -0.15) is 0 Å². The Morgan fingerprint density at radius 2 is 2.30 bits per heavy atom. The van der Waals surface area contributed by atoms with Gasteiger partial charge < -0.3 is 14.8 Å². The Balaban J connectivity index is 2.16. The van der Waals surface area contributed by atoms with E-state index in [-0.39, 0.29) is 11.7 Å². The number of anilines is 1. The average Bonchev–Trinajstić information content (AvgIpc) is 2.93. The van der Waals surface area contributed by atoms with E-state index in [0.29, 0.717) is 11.5 Å². The van der Waals surface area contributed by atoms with Crippen LogP contribution >= 0.6 is 12.2 Å². The summed E-state index contributed by atoms with van der Waals surface area (Å²) in [5.41, 5.74) is 1.55. The van der Waals surface area contributed by atoms with Gasteiger partial charge in [0.1, 0.15) is 5.82 Å². The van der Waals surface area contributed by atoms with Crippen LogP contribution in [-0.4, -0.2) is 32.7 Å². The molecule has 0 spiro atoms. The van der Waals surface area contributed by atoms with Gasteiger partial charge in [0, 0.05) is 12.1 Å². The maximum absolute atomic E-state index is 11.0. The van der Waals surface area contributed by atoms with Crippen LogP contribution in [0.2, 0.25) is 0 Å². The summed E-state index contributed by atoms with van der Waals surface area (Å²) in [6.45, 7) is 1.97. The first kappa shape index (κ1) is 14.0. The first-order valence-corrected chi connectivity index (χ1v) is 6.33. The van der Waals surface area contributed by atoms with Gasteiger partial charge in [-0.05, 0) is 37.3 Å². The van der Waals surface area contributed by atoms with Gasteiger partial charge in [-0.1, -0.05) is 6.07 Å². The molecule has 2 aromatic rings. The number of hydrogen-bond acceptors (Lipinski definition) is 4.